The van der Waals surface area contributed by atoms with Gasteiger partial charge in [0.15, 0.2) is 0 Å². The number of rotatable bonds is 2. The molecule has 1 aliphatic heterocycles. The Kier molecular flexibility index (Phi) is 4.20. The lowest BCUT2D eigenvalue weighted by Gasteiger charge is -2.22. The summed E-state index contributed by atoms with van der Waals surface area (Å²) >= 11 is 3.54. The van der Waals surface area contributed by atoms with Gasteiger partial charge in [-0.15, -0.1) is 0 Å². The number of hydrogen-bond donors (Lipinski definition) is 1. The van der Waals surface area contributed by atoms with Gasteiger partial charge in [-0.2, -0.15) is 4.98 Å². The van der Waals surface area contributed by atoms with E-state index in [1.807, 2.05) is 13.2 Å². The maximum atomic E-state index is 4.54. The molecule has 0 aromatic carbocycles. The predicted octanol–water partition coefficient (Wildman–Crippen LogP) is 2.91. The minimum Gasteiger partial charge on any atom is -0.357 e. The normalized spacial score (nSPS) is 21.1. The monoisotopic (exact) mass is 298 g/mol. The Balaban J connectivity index is 2.20. The third-order valence-electron chi connectivity index (χ3n) is 3.27. The molecule has 0 amide bonds. The van der Waals surface area contributed by atoms with E-state index >= 15 is 0 Å². The maximum Gasteiger partial charge on any atom is 0.224 e. The van der Waals surface area contributed by atoms with Gasteiger partial charge in [-0.05, 0) is 41.1 Å². The Bertz CT molecular complexity index is 383. The second-order valence-corrected chi connectivity index (χ2v) is 5.49. The van der Waals surface area contributed by atoms with Crippen molar-refractivity contribution in [1.29, 1.82) is 0 Å². The third kappa shape index (κ3) is 3.09. The van der Waals surface area contributed by atoms with Gasteiger partial charge in [0.05, 0.1) is 4.47 Å². The molecule has 17 heavy (non-hydrogen) atoms. The van der Waals surface area contributed by atoms with Gasteiger partial charge in [-0.1, -0.05) is 6.92 Å². The van der Waals surface area contributed by atoms with Crippen LogP contribution in [0.1, 0.15) is 26.2 Å². The summed E-state index contributed by atoms with van der Waals surface area (Å²) in [5.41, 5.74) is 0. The summed E-state index contributed by atoms with van der Waals surface area (Å²) in [7, 11) is 1.84. The largest absolute Gasteiger partial charge is 0.357 e. The van der Waals surface area contributed by atoms with Crippen molar-refractivity contribution in [3.05, 3.63) is 10.7 Å². The molecule has 0 radical (unpaired) electrons. The van der Waals surface area contributed by atoms with E-state index in [0.717, 1.165) is 29.3 Å². The highest BCUT2D eigenvalue weighted by Crippen LogP contribution is 2.27. The third-order valence-corrected chi connectivity index (χ3v) is 3.82. The van der Waals surface area contributed by atoms with Gasteiger partial charge in [-0.3, -0.25) is 0 Å². The van der Waals surface area contributed by atoms with Gasteiger partial charge in [0.25, 0.3) is 0 Å². The predicted molar refractivity (Wildman–Crippen MR) is 74.5 cm³/mol. The second-order valence-electron chi connectivity index (χ2n) is 4.64. The highest BCUT2D eigenvalue weighted by molar-refractivity contribution is 9.10. The van der Waals surface area contributed by atoms with E-state index in [2.05, 4.69) is 43.0 Å². The molecular weight excluding hydrogens is 280 g/mol. The van der Waals surface area contributed by atoms with Gasteiger partial charge in [-0.25, -0.2) is 4.98 Å². The molecule has 5 heteroatoms. The molecule has 0 saturated carbocycles. The van der Waals surface area contributed by atoms with Crippen LogP contribution in [0.3, 0.4) is 0 Å². The minimum atomic E-state index is 0.681. The summed E-state index contributed by atoms with van der Waals surface area (Å²) in [6.45, 7) is 4.50. The first-order valence-electron chi connectivity index (χ1n) is 6.16. The molecule has 1 fully saturated rings. The lowest BCUT2D eigenvalue weighted by Crippen LogP contribution is -2.26. The quantitative estimate of drug-likeness (QED) is 0.911. The van der Waals surface area contributed by atoms with Crippen LogP contribution in [0.25, 0.3) is 0 Å². The number of nitrogens with zero attached hydrogens (tertiary/aromatic N) is 3. The molecule has 1 unspecified atom stereocenters. The van der Waals surface area contributed by atoms with Gasteiger partial charge in [0.2, 0.25) is 5.95 Å². The van der Waals surface area contributed by atoms with Crippen molar-refractivity contribution in [3.63, 3.8) is 0 Å². The van der Waals surface area contributed by atoms with Crippen molar-refractivity contribution < 1.29 is 0 Å². The molecule has 4 nitrogen and oxygen atoms in total. The van der Waals surface area contributed by atoms with E-state index in [-0.39, 0.29) is 0 Å². The zero-order valence-corrected chi connectivity index (χ0v) is 12.0. The van der Waals surface area contributed by atoms with Crippen LogP contribution in [-0.4, -0.2) is 30.1 Å². The Morgan fingerprint density at radius 3 is 3.00 bits per heavy atom. The van der Waals surface area contributed by atoms with Crippen LogP contribution in [-0.2, 0) is 0 Å². The van der Waals surface area contributed by atoms with Crippen LogP contribution in [0, 0.1) is 5.92 Å². The molecule has 0 spiro atoms. The van der Waals surface area contributed by atoms with E-state index in [9.17, 15) is 0 Å². The smallest absolute Gasteiger partial charge is 0.224 e. The molecule has 94 valence electrons. The van der Waals surface area contributed by atoms with Crippen LogP contribution in [0.5, 0.6) is 0 Å². The van der Waals surface area contributed by atoms with Crippen molar-refractivity contribution in [3.8, 4) is 0 Å². The van der Waals surface area contributed by atoms with Crippen molar-refractivity contribution in [2.75, 3.05) is 30.4 Å². The lowest BCUT2D eigenvalue weighted by molar-refractivity contribution is 0.521. The lowest BCUT2D eigenvalue weighted by atomic mass is 10.0. The van der Waals surface area contributed by atoms with Gasteiger partial charge in [0.1, 0.15) is 5.82 Å². The van der Waals surface area contributed by atoms with Crippen LogP contribution >= 0.6 is 15.9 Å². The maximum absolute atomic E-state index is 4.54. The first-order valence-corrected chi connectivity index (χ1v) is 6.95. The van der Waals surface area contributed by atoms with Crippen LogP contribution < -0.4 is 10.2 Å². The average molecular weight is 299 g/mol. The van der Waals surface area contributed by atoms with Crippen molar-refractivity contribution in [1.82, 2.24) is 9.97 Å². The molecule has 1 aliphatic rings. The molecule has 0 aliphatic carbocycles. The summed E-state index contributed by atoms with van der Waals surface area (Å²) in [6, 6.07) is 0. The van der Waals surface area contributed by atoms with E-state index in [4.69, 9.17) is 0 Å². The fourth-order valence-electron chi connectivity index (χ4n) is 2.18. The molecule has 1 atom stereocenters. The van der Waals surface area contributed by atoms with E-state index in [1.54, 1.807) is 0 Å². The summed E-state index contributed by atoms with van der Waals surface area (Å²) in [5.74, 6) is 2.52. The number of nitrogens with one attached hydrogen (secondary N) is 1. The molecule has 1 aromatic rings. The first-order chi connectivity index (χ1) is 8.20. The summed E-state index contributed by atoms with van der Waals surface area (Å²) < 4.78 is 0.978. The van der Waals surface area contributed by atoms with Crippen LogP contribution in [0.15, 0.2) is 10.7 Å². The average Bonchev–Trinajstić information content (AvgIpc) is 2.55. The SMILES string of the molecule is CNc1ncc(Br)c(N2CCCC(C)CC2)n1. The molecule has 0 bridgehead atoms. The molecule has 1 aromatic heterocycles. The fourth-order valence-corrected chi connectivity index (χ4v) is 2.62. The number of hydrogen-bond acceptors (Lipinski definition) is 4. The summed E-state index contributed by atoms with van der Waals surface area (Å²) in [4.78, 5) is 11.1. The number of anilines is 2. The van der Waals surface area contributed by atoms with Crippen LogP contribution in [0.4, 0.5) is 11.8 Å². The molecular formula is C12H19BrN4. The summed E-state index contributed by atoms with van der Waals surface area (Å²) in [6.07, 6.45) is 5.62. The number of aromatic nitrogens is 2. The zero-order valence-electron chi connectivity index (χ0n) is 10.4. The standard InChI is InChI=1S/C12H19BrN4/c1-9-4-3-6-17(7-5-9)11-10(13)8-15-12(14-2)16-11/h8-9H,3-7H2,1-2H3,(H,14,15,16). The highest BCUT2D eigenvalue weighted by atomic mass is 79.9. The Morgan fingerprint density at radius 1 is 1.41 bits per heavy atom. The number of halogens is 1. The Morgan fingerprint density at radius 2 is 2.24 bits per heavy atom. The van der Waals surface area contributed by atoms with E-state index in [1.165, 1.54) is 19.3 Å². The summed E-state index contributed by atoms with van der Waals surface area (Å²) in [5, 5.41) is 2.99. The Hall–Kier alpha value is -0.840. The van der Waals surface area contributed by atoms with Gasteiger partial charge >= 0.3 is 0 Å². The van der Waals surface area contributed by atoms with Crippen molar-refractivity contribution in [2.45, 2.75) is 26.2 Å². The van der Waals surface area contributed by atoms with Crippen molar-refractivity contribution >= 4 is 27.7 Å². The van der Waals surface area contributed by atoms with Crippen LogP contribution in [0.2, 0.25) is 0 Å². The second kappa shape index (κ2) is 5.67. The minimum absolute atomic E-state index is 0.681. The Labute approximate surface area is 111 Å². The fraction of sp³-hybridized carbons (Fsp3) is 0.667. The molecule has 1 saturated heterocycles. The highest BCUT2D eigenvalue weighted by Gasteiger charge is 2.17. The van der Waals surface area contributed by atoms with Crippen molar-refractivity contribution in [2.24, 2.45) is 5.92 Å². The molecule has 2 rings (SSSR count). The van der Waals surface area contributed by atoms with Gasteiger partial charge in [0, 0.05) is 26.3 Å². The molecule has 1 N–H and O–H groups in total. The van der Waals surface area contributed by atoms with Gasteiger partial charge < -0.3 is 10.2 Å². The zero-order chi connectivity index (χ0) is 12.3. The van der Waals surface area contributed by atoms with E-state index < -0.39 is 0 Å². The van der Waals surface area contributed by atoms with E-state index in [0.29, 0.717) is 5.95 Å². The topological polar surface area (TPSA) is 41.1 Å². The molecule has 2 heterocycles. The first kappa shape index (κ1) is 12.6.